The molecule has 8 bridgehead atoms. The van der Waals surface area contributed by atoms with Gasteiger partial charge in [0.2, 0.25) is 0 Å². The molecule has 0 saturated carbocycles. The van der Waals surface area contributed by atoms with Crippen molar-refractivity contribution in [3.05, 3.63) is 178 Å². The average molecular weight is 625 g/mol. The average Bonchev–Trinajstić information content (AvgIpc) is 4.00. The first-order valence-electron chi connectivity index (χ1n) is 16.7. The maximum absolute atomic E-state index is 5.19. The second-order valence-corrected chi connectivity index (χ2v) is 13.2. The molecule has 0 unspecified atom stereocenters. The zero-order valence-corrected chi connectivity index (χ0v) is 26.4. The second kappa shape index (κ2) is 9.75. The first kappa shape index (κ1) is 26.5. The molecular weight excluding hydrogens is 597 g/mol. The predicted octanol–water partition coefficient (Wildman–Crippen LogP) is 10.7. The Morgan fingerprint density at radius 3 is 1.35 bits per heavy atom. The Bertz CT molecular complexity index is 2630. The van der Waals surface area contributed by atoms with Crippen LogP contribution < -0.4 is 0 Å². The molecule has 4 heteroatoms. The number of aromatic nitrogens is 4. The van der Waals surface area contributed by atoms with Crippen molar-refractivity contribution >= 4 is 46.4 Å². The van der Waals surface area contributed by atoms with Gasteiger partial charge in [-0.1, -0.05) is 84.9 Å². The van der Waals surface area contributed by atoms with Crippen LogP contribution in [0.1, 0.15) is 45.0 Å². The summed E-state index contributed by atoms with van der Waals surface area (Å²) in [5, 5.41) is 0. The number of fused-ring (bicyclic) bond motifs is 18. The summed E-state index contributed by atoms with van der Waals surface area (Å²) >= 11 is 0. The molecule has 2 N–H and O–H groups in total. The van der Waals surface area contributed by atoms with E-state index >= 15 is 0 Å². The lowest BCUT2D eigenvalue weighted by Gasteiger charge is -2.30. The van der Waals surface area contributed by atoms with E-state index in [1.807, 2.05) is 0 Å². The van der Waals surface area contributed by atoms with Gasteiger partial charge in [-0.2, -0.15) is 0 Å². The van der Waals surface area contributed by atoms with E-state index in [1.54, 1.807) is 0 Å². The normalized spacial score (nSPS) is 14.1. The van der Waals surface area contributed by atoms with Gasteiger partial charge in [-0.3, -0.25) is 0 Å². The van der Waals surface area contributed by atoms with Gasteiger partial charge >= 0.3 is 0 Å². The van der Waals surface area contributed by atoms with E-state index in [2.05, 4.69) is 168 Å². The van der Waals surface area contributed by atoms with Gasteiger partial charge < -0.3 is 9.97 Å². The van der Waals surface area contributed by atoms with Crippen LogP contribution in [0.15, 0.2) is 133 Å². The lowest BCUT2D eigenvalue weighted by atomic mass is 9.70. The van der Waals surface area contributed by atoms with E-state index in [9.17, 15) is 0 Å². The first-order chi connectivity index (χ1) is 24.2. The fourth-order valence-corrected chi connectivity index (χ4v) is 8.55. The molecule has 0 radical (unpaired) electrons. The summed E-state index contributed by atoms with van der Waals surface area (Å²) in [6.45, 7) is 0. The molecule has 0 amide bonds. The third-order valence-electron chi connectivity index (χ3n) is 10.5. The van der Waals surface area contributed by atoms with Crippen LogP contribution in [0, 0.1) is 0 Å². The minimum Gasteiger partial charge on any atom is -0.355 e. The zero-order chi connectivity index (χ0) is 32.1. The van der Waals surface area contributed by atoms with Crippen molar-refractivity contribution < 1.29 is 0 Å². The fraction of sp³-hybridized carbons (Fsp3) is 0.0222. The molecule has 4 aromatic carbocycles. The van der Waals surface area contributed by atoms with E-state index in [-0.39, 0.29) is 0 Å². The molecule has 2 aliphatic carbocycles. The molecule has 228 valence electrons. The van der Waals surface area contributed by atoms with E-state index in [1.165, 1.54) is 44.5 Å². The first-order valence-corrected chi connectivity index (χ1v) is 16.7. The number of rotatable bonds is 1. The Hall–Kier alpha value is -6.52. The van der Waals surface area contributed by atoms with Gasteiger partial charge in [0.1, 0.15) is 0 Å². The number of hydrogen-bond donors (Lipinski definition) is 2. The Morgan fingerprint density at radius 2 is 0.837 bits per heavy atom. The van der Waals surface area contributed by atoms with E-state index in [0.29, 0.717) is 0 Å². The van der Waals surface area contributed by atoms with Crippen LogP contribution in [0.3, 0.4) is 0 Å². The van der Waals surface area contributed by atoms with Crippen molar-refractivity contribution in [2.45, 2.75) is 5.41 Å². The monoisotopic (exact) mass is 624 g/mol. The van der Waals surface area contributed by atoms with Crippen LogP contribution in [0.25, 0.3) is 79.8 Å². The van der Waals surface area contributed by atoms with Gasteiger partial charge in [-0.05, 0) is 123 Å². The summed E-state index contributed by atoms with van der Waals surface area (Å²) in [5.41, 5.74) is 19.9. The van der Waals surface area contributed by atoms with Crippen LogP contribution in [-0.2, 0) is 5.41 Å². The summed E-state index contributed by atoms with van der Waals surface area (Å²) in [6, 6.07) is 48.5. The second-order valence-electron chi connectivity index (χ2n) is 13.2. The third kappa shape index (κ3) is 3.74. The maximum Gasteiger partial charge on any atom is 0.0737 e. The van der Waals surface area contributed by atoms with E-state index in [0.717, 1.165) is 56.0 Å². The highest BCUT2D eigenvalue weighted by Gasteiger charge is 2.51. The molecule has 2 aliphatic heterocycles. The molecule has 4 aliphatic rings. The highest BCUT2D eigenvalue weighted by molar-refractivity contribution is 5.97. The number of benzene rings is 4. The number of nitrogens with one attached hydrogen (secondary N) is 2. The van der Waals surface area contributed by atoms with Crippen LogP contribution in [0.5, 0.6) is 0 Å². The molecular formula is C45H28N4. The van der Waals surface area contributed by atoms with E-state index in [4.69, 9.17) is 9.97 Å². The molecule has 5 heterocycles. The molecule has 0 fully saturated rings. The SMILES string of the molecule is C1=Cc2nc1cc1ccc(cc3ccc(cc4nc(c2-c2ccc5c(c2)C2(c6ccccc6-c6ccccc62)c2ccccc2-5)C=C4)[nH]3)[nH]1. The molecule has 3 aromatic heterocycles. The van der Waals surface area contributed by atoms with Gasteiger partial charge in [-0.25, -0.2) is 9.97 Å². The Balaban J connectivity index is 1.22. The van der Waals surface area contributed by atoms with Gasteiger partial charge in [0.25, 0.3) is 0 Å². The maximum atomic E-state index is 5.19. The highest BCUT2D eigenvalue weighted by Crippen LogP contribution is 2.63. The third-order valence-corrected chi connectivity index (χ3v) is 10.5. The molecule has 7 aromatic rings. The topological polar surface area (TPSA) is 57.4 Å². The molecule has 0 atom stereocenters. The lowest BCUT2D eigenvalue weighted by Crippen LogP contribution is -2.25. The highest BCUT2D eigenvalue weighted by atomic mass is 14.8. The molecule has 49 heavy (non-hydrogen) atoms. The largest absolute Gasteiger partial charge is 0.355 e. The van der Waals surface area contributed by atoms with Crippen molar-refractivity contribution in [1.29, 1.82) is 0 Å². The smallest absolute Gasteiger partial charge is 0.0737 e. The number of nitrogens with zero attached hydrogens (tertiary/aromatic N) is 2. The summed E-state index contributed by atoms with van der Waals surface area (Å²) in [5.74, 6) is 0. The van der Waals surface area contributed by atoms with Crippen molar-refractivity contribution in [1.82, 2.24) is 19.9 Å². The number of H-pyrrole nitrogens is 2. The lowest BCUT2D eigenvalue weighted by molar-refractivity contribution is 0.794. The molecule has 11 rings (SSSR count). The van der Waals surface area contributed by atoms with Crippen molar-refractivity contribution in [2.24, 2.45) is 0 Å². The van der Waals surface area contributed by atoms with Crippen LogP contribution in [0.4, 0.5) is 0 Å². The zero-order valence-electron chi connectivity index (χ0n) is 26.4. The Morgan fingerprint density at radius 1 is 0.388 bits per heavy atom. The van der Waals surface area contributed by atoms with Crippen LogP contribution in [-0.4, -0.2) is 19.9 Å². The van der Waals surface area contributed by atoms with Crippen molar-refractivity contribution in [2.75, 3.05) is 0 Å². The summed E-state index contributed by atoms with van der Waals surface area (Å²) < 4.78 is 0. The van der Waals surface area contributed by atoms with Crippen LogP contribution in [0.2, 0.25) is 0 Å². The molecule has 0 saturated heterocycles. The summed E-state index contributed by atoms with van der Waals surface area (Å²) in [6.07, 6.45) is 8.45. The standard InChI is InChI=1S/C45H28N4/c1-4-10-38-34(7-1)35-8-2-5-11-39(35)45(38)40-12-6-3-9-36(40)37-20-13-27(23-41(37)45)44-42-21-18-32(48-42)25-30-16-14-28(46-30)24-29-15-17-31(47-29)26-33-19-22-43(44)49-33/h1-26,46-47H. The van der Waals surface area contributed by atoms with Crippen LogP contribution >= 0.6 is 0 Å². The Kier molecular flexibility index (Phi) is 5.28. The summed E-state index contributed by atoms with van der Waals surface area (Å²) in [7, 11) is 0. The Labute approximate surface area is 282 Å². The fourth-order valence-electron chi connectivity index (χ4n) is 8.55. The molecule has 4 nitrogen and oxygen atoms in total. The van der Waals surface area contributed by atoms with Gasteiger partial charge in [-0.15, -0.1) is 0 Å². The summed E-state index contributed by atoms with van der Waals surface area (Å²) in [4.78, 5) is 17.4. The van der Waals surface area contributed by atoms with Crippen molar-refractivity contribution in [3.63, 3.8) is 0 Å². The minimum absolute atomic E-state index is 0.418. The minimum atomic E-state index is -0.418. The molecule has 1 spiro atoms. The predicted molar refractivity (Wildman–Crippen MR) is 201 cm³/mol. The van der Waals surface area contributed by atoms with E-state index < -0.39 is 5.41 Å². The number of hydrogen-bond acceptors (Lipinski definition) is 2. The van der Waals surface area contributed by atoms with Crippen molar-refractivity contribution in [3.8, 4) is 33.4 Å². The number of aromatic amines is 2. The van der Waals surface area contributed by atoms with Gasteiger partial charge in [0.15, 0.2) is 0 Å². The van der Waals surface area contributed by atoms with Gasteiger partial charge in [0, 0.05) is 27.6 Å². The van der Waals surface area contributed by atoms with Gasteiger partial charge in [0.05, 0.1) is 28.2 Å². The quantitative estimate of drug-likeness (QED) is 0.191.